The Hall–Kier alpha value is -0.740. The zero-order valence-corrected chi connectivity index (χ0v) is 10.0. The molecule has 1 aliphatic rings. The Balaban J connectivity index is 2.22. The van der Waals surface area contributed by atoms with E-state index in [0.717, 1.165) is 24.6 Å². The summed E-state index contributed by atoms with van der Waals surface area (Å²) in [7, 11) is 3.40. The lowest BCUT2D eigenvalue weighted by Gasteiger charge is -2.22. The Morgan fingerprint density at radius 3 is 2.87 bits per heavy atom. The summed E-state index contributed by atoms with van der Waals surface area (Å²) >= 11 is 1.74. The molecule has 0 aromatic carbocycles. The number of methoxy groups -OCH3 is 2. The molecule has 4 heteroatoms. The van der Waals surface area contributed by atoms with Gasteiger partial charge < -0.3 is 14.8 Å². The van der Waals surface area contributed by atoms with Gasteiger partial charge in [0.15, 0.2) is 11.5 Å². The third-order valence-corrected chi connectivity index (χ3v) is 3.94. The number of piperidine rings is 1. The third-order valence-electron chi connectivity index (χ3n) is 2.83. The highest BCUT2D eigenvalue weighted by molar-refractivity contribution is 7.10. The second-order valence-electron chi connectivity index (χ2n) is 3.74. The molecule has 0 amide bonds. The first-order valence-electron chi connectivity index (χ1n) is 5.27. The molecular weight excluding hydrogens is 210 g/mol. The van der Waals surface area contributed by atoms with Gasteiger partial charge in [0.25, 0.3) is 0 Å². The van der Waals surface area contributed by atoms with Crippen LogP contribution in [0.25, 0.3) is 0 Å². The molecule has 1 aromatic rings. The predicted octanol–water partition coefficient (Wildman–Crippen LogP) is 2.23. The van der Waals surface area contributed by atoms with E-state index in [9.17, 15) is 0 Å². The summed E-state index contributed by atoms with van der Waals surface area (Å²) in [6.07, 6.45) is 2.49. The van der Waals surface area contributed by atoms with Gasteiger partial charge in [-0.25, -0.2) is 0 Å². The van der Waals surface area contributed by atoms with E-state index in [4.69, 9.17) is 9.47 Å². The van der Waals surface area contributed by atoms with Gasteiger partial charge in [-0.2, -0.15) is 0 Å². The summed E-state index contributed by atoms with van der Waals surface area (Å²) in [6.45, 7) is 2.20. The molecule has 2 heterocycles. The molecule has 0 radical (unpaired) electrons. The van der Waals surface area contributed by atoms with Gasteiger partial charge in [0.2, 0.25) is 0 Å². The van der Waals surface area contributed by atoms with E-state index in [0.29, 0.717) is 5.92 Å². The molecule has 1 saturated heterocycles. The van der Waals surface area contributed by atoms with Crippen molar-refractivity contribution in [3.05, 3.63) is 10.3 Å². The van der Waals surface area contributed by atoms with Crippen molar-refractivity contribution in [3.63, 3.8) is 0 Å². The third kappa shape index (κ3) is 2.11. The van der Waals surface area contributed by atoms with Crippen LogP contribution in [0, 0.1) is 0 Å². The largest absolute Gasteiger partial charge is 0.492 e. The fourth-order valence-corrected chi connectivity index (χ4v) is 3.17. The van der Waals surface area contributed by atoms with Crippen molar-refractivity contribution in [2.75, 3.05) is 27.3 Å². The minimum atomic E-state index is 0.586. The van der Waals surface area contributed by atoms with Crippen LogP contribution >= 0.6 is 11.3 Å². The van der Waals surface area contributed by atoms with Crippen molar-refractivity contribution in [2.45, 2.75) is 18.8 Å². The van der Waals surface area contributed by atoms with Gasteiger partial charge in [-0.15, -0.1) is 11.3 Å². The molecule has 0 spiro atoms. The molecule has 3 nitrogen and oxygen atoms in total. The van der Waals surface area contributed by atoms with E-state index in [1.165, 1.54) is 17.7 Å². The maximum Gasteiger partial charge on any atom is 0.174 e. The van der Waals surface area contributed by atoms with Gasteiger partial charge in [0.05, 0.1) is 19.1 Å². The van der Waals surface area contributed by atoms with Crippen molar-refractivity contribution >= 4 is 11.3 Å². The van der Waals surface area contributed by atoms with Gasteiger partial charge in [-0.1, -0.05) is 0 Å². The summed E-state index contributed by atoms with van der Waals surface area (Å²) in [5.41, 5.74) is 0. The number of nitrogens with one attached hydrogen (secondary N) is 1. The van der Waals surface area contributed by atoms with E-state index >= 15 is 0 Å². The number of rotatable bonds is 3. The maximum atomic E-state index is 5.42. The number of ether oxygens (including phenoxy) is 2. The highest BCUT2D eigenvalue weighted by atomic mass is 32.1. The molecule has 1 aliphatic heterocycles. The van der Waals surface area contributed by atoms with E-state index in [-0.39, 0.29) is 0 Å². The van der Waals surface area contributed by atoms with E-state index in [1.807, 2.05) is 5.38 Å². The lowest BCUT2D eigenvalue weighted by atomic mass is 9.97. The molecule has 0 aliphatic carbocycles. The second kappa shape index (κ2) is 4.86. The van der Waals surface area contributed by atoms with Gasteiger partial charge in [-0.3, -0.25) is 0 Å². The fraction of sp³-hybridized carbons (Fsp3) is 0.636. The zero-order chi connectivity index (χ0) is 10.7. The molecule has 1 N–H and O–H groups in total. The van der Waals surface area contributed by atoms with Crippen LogP contribution in [0.15, 0.2) is 5.38 Å². The maximum absolute atomic E-state index is 5.42. The normalized spacial score (nSPS) is 21.3. The number of hydrogen-bond acceptors (Lipinski definition) is 4. The highest BCUT2D eigenvalue weighted by Gasteiger charge is 2.23. The van der Waals surface area contributed by atoms with E-state index < -0.39 is 0 Å². The molecule has 1 aromatic heterocycles. The van der Waals surface area contributed by atoms with E-state index in [1.54, 1.807) is 25.6 Å². The van der Waals surface area contributed by atoms with Crippen LogP contribution in [0.1, 0.15) is 23.6 Å². The summed E-state index contributed by atoms with van der Waals surface area (Å²) in [4.78, 5) is 1.32. The standard InChI is InChI=1S/C11H17NO2S/c1-13-9-7-15-11(10(9)14-2)8-4-3-5-12-6-8/h7-8,12H,3-6H2,1-2H3. The SMILES string of the molecule is COc1csc(C2CCCNC2)c1OC. The van der Waals surface area contributed by atoms with Crippen LogP contribution in [-0.2, 0) is 0 Å². The first-order valence-corrected chi connectivity index (χ1v) is 6.15. The number of thiophene rings is 1. The molecule has 2 rings (SSSR count). The zero-order valence-electron chi connectivity index (χ0n) is 9.21. The second-order valence-corrected chi connectivity index (χ2v) is 4.66. The Bertz CT molecular complexity index is 318. The molecule has 1 unspecified atom stereocenters. The fourth-order valence-electron chi connectivity index (χ4n) is 2.04. The van der Waals surface area contributed by atoms with Crippen molar-refractivity contribution < 1.29 is 9.47 Å². The lowest BCUT2D eigenvalue weighted by Crippen LogP contribution is -2.28. The van der Waals surface area contributed by atoms with Gasteiger partial charge in [0.1, 0.15) is 0 Å². The monoisotopic (exact) mass is 227 g/mol. The molecule has 1 atom stereocenters. The number of hydrogen-bond donors (Lipinski definition) is 1. The smallest absolute Gasteiger partial charge is 0.174 e. The topological polar surface area (TPSA) is 30.5 Å². The van der Waals surface area contributed by atoms with Gasteiger partial charge >= 0.3 is 0 Å². The van der Waals surface area contributed by atoms with Crippen molar-refractivity contribution in [1.29, 1.82) is 0 Å². The van der Waals surface area contributed by atoms with Crippen LogP contribution in [0.4, 0.5) is 0 Å². The lowest BCUT2D eigenvalue weighted by molar-refractivity contribution is 0.350. The van der Waals surface area contributed by atoms with Crippen molar-refractivity contribution in [2.24, 2.45) is 0 Å². The minimum Gasteiger partial charge on any atom is -0.492 e. The van der Waals surface area contributed by atoms with Gasteiger partial charge in [-0.05, 0) is 19.4 Å². The average Bonchev–Trinajstić information content (AvgIpc) is 2.72. The summed E-state index contributed by atoms with van der Waals surface area (Å²) in [6, 6.07) is 0. The minimum absolute atomic E-state index is 0.586. The van der Waals surface area contributed by atoms with Crippen LogP contribution in [0.5, 0.6) is 11.5 Å². The van der Waals surface area contributed by atoms with E-state index in [2.05, 4.69) is 5.32 Å². The van der Waals surface area contributed by atoms with Crippen LogP contribution in [0.3, 0.4) is 0 Å². The molecule has 0 saturated carbocycles. The quantitative estimate of drug-likeness (QED) is 0.859. The first kappa shape index (κ1) is 10.8. The van der Waals surface area contributed by atoms with Crippen molar-refractivity contribution in [1.82, 2.24) is 5.32 Å². The Morgan fingerprint density at radius 1 is 1.40 bits per heavy atom. The summed E-state index contributed by atoms with van der Waals surface area (Å²) in [5.74, 6) is 2.38. The molecule has 1 fully saturated rings. The van der Waals surface area contributed by atoms with Gasteiger partial charge in [0, 0.05) is 17.8 Å². The summed E-state index contributed by atoms with van der Waals surface area (Å²) in [5, 5.41) is 5.45. The van der Waals surface area contributed by atoms with Crippen LogP contribution in [-0.4, -0.2) is 27.3 Å². The molecule has 0 bridgehead atoms. The predicted molar refractivity (Wildman–Crippen MR) is 62.3 cm³/mol. The highest BCUT2D eigenvalue weighted by Crippen LogP contribution is 2.43. The van der Waals surface area contributed by atoms with Crippen molar-refractivity contribution in [3.8, 4) is 11.5 Å². The Kier molecular flexibility index (Phi) is 3.49. The Labute approximate surface area is 94.4 Å². The van der Waals surface area contributed by atoms with Crippen LogP contribution in [0.2, 0.25) is 0 Å². The Morgan fingerprint density at radius 2 is 2.27 bits per heavy atom. The molecule has 15 heavy (non-hydrogen) atoms. The molecule has 84 valence electrons. The summed E-state index contributed by atoms with van der Waals surface area (Å²) < 4.78 is 10.7. The first-order chi connectivity index (χ1) is 7.36. The average molecular weight is 227 g/mol. The van der Waals surface area contributed by atoms with Crippen LogP contribution < -0.4 is 14.8 Å². The molecular formula is C11H17NO2S.